The predicted molar refractivity (Wildman–Crippen MR) is 85.0 cm³/mol. The zero-order chi connectivity index (χ0) is 17.7. The summed E-state index contributed by atoms with van der Waals surface area (Å²) in [7, 11) is 2.82. The quantitative estimate of drug-likeness (QED) is 0.862. The van der Waals surface area contributed by atoms with Crippen LogP contribution in [0.3, 0.4) is 0 Å². The van der Waals surface area contributed by atoms with Gasteiger partial charge in [0.2, 0.25) is 0 Å². The van der Waals surface area contributed by atoms with Crippen LogP contribution in [0.25, 0.3) is 0 Å². The maximum Gasteiger partial charge on any atom is 0.303 e. The molecule has 1 unspecified atom stereocenters. The standard InChI is InChI=1S/C17H22FNO5/c1-23-14-8-12(13(18)9-15(14)24-2)17(22)19-7-3-4-11(10-19)5-6-16(20)21/h8-9,11H,3-7,10H2,1-2H3,(H,20,21). The van der Waals surface area contributed by atoms with Crippen LogP contribution in [0.1, 0.15) is 36.0 Å². The SMILES string of the molecule is COc1cc(F)c(C(=O)N2CCCC(CCC(=O)O)C2)cc1OC. The molecule has 1 aromatic rings. The highest BCUT2D eigenvalue weighted by Gasteiger charge is 2.27. The first kappa shape index (κ1) is 18.0. The van der Waals surface area contributed by atoms with Crippen molar-refractivity contribution >= 4 is 11.9 Å². The molecule has 1 N–H and O–H groups in total. The van der Waals surface area contributed by atoms with Gasteiger partial charge in [0.25, 0.3) is 5.91 Å². The van der Waals surface area contributed by atoms with Crippen molar-refractivity contribution in [2.24, 2.45) is 5.92 Å². The summed E-state index contributed by atoms with van der Waals surface area (Å²) in [4.78, 5) is 24.9. The second kappa shape index (κ2) is 7.99. The lowest BCUT2D eigenvalue weighted by Crippen LogP contribution is -2.40. The number of carbonyl (C=O) groups is 2. The van der Waals surface area contributed by atoms with Gasteiger partial charge < -0.3 is 19.5 Å². The Morgan fingerprint density at radius 2 is 1.96 bits per heavy atom. The number of hydrogen-bond acceptors (Lipinski definition) is 4. The van der Waals surface area contributed by atoms with Crippen LogP contribution in [0.5, 0.6) is 11.5 Å². The molecule has 1 amide bonds. The average Bonchev–Trinajstić information content (AvgIpc) is 2.59. The molecule has 0 aliphatic carbocycles. The lowest BCUT2D eigenvalue weighted by molar-refractivity contribution is -0.137. The van der Waals surface area contributed by atoms with Crippen molar-refractivity contribution in [3.05, 3.63) is 23.5 Å². The number of carboxylic acids is 1. The Morgan fingerprint density at radius 1 is 1.29 bits per heavy atom. The number of ether oxygens (including phenoxy) is 2. The summed E-state index contributed by atoms with van der Waals surface area (Å²) < 4.78 is 24.4. The molecule has 1 saturated heterocycles. The van der Waals surface area contributed by atoms with Crippen LogP contribution in [-0.2, 0) is 4.79 Å². The fraction of sp³-hybridized carbons (Fsp3) is 0.529. The van der Waals surface area contributed by atoms with Crippen LogP contribution in [0.15, 0.2) is 12.1 Å². The number of likely N-dealkylation sites (tertiary alicyclic amines) is 1. The van der Waals surface area contributed by atoms with Crippen molar-refractivity contribution in [1.29, 1.82) is 0 Å². The molecule has 1 heterocycles. The van der Waals surface area contributed by atoms with Gasteiger partial charge in [0.15, 0.2) is 11.5 Å². The Balaban J connectivity index is 2.14. The molecule has 0 spiro atoms. The Hall–Kier alpha value is -2.31. The number of rotatable bonds is 6. The average molecular weight is 339 g/mol. The van der Waals surface area contributed by atoms with Gasteiger partial charge in [-0.1, -0.05) is 0 Å². The Labute approximate surface area is 140 Å². The number of amides is 1. The van der Waals surface area contributed by atoms with E-state index < -0.39 is 17.7 Å². The minimum absolute atomic E-state index is 0.0634. The van der Waals surface area contributed by atoms with E-state index in [-0.39, 0.29) is 23.7 Å². The number of halogens is 1. The lowest BCUT2D eigenvalue weighted by Gasteiger charge is -2.32. The summed E-state index contributed by atoms with van der Waals surface area (Å²) in [6.07, 6.45) is 2.27. The summed E-state index contributed by atoms with van der Waals surface area (Å²) in [6.45, 7) is 0.982. The van der Waals surface area contributed by atoms with Crippen LogP contribution in [0.4, 0.5) is 4.39 Å². The molecule has 1 aliphatic heterocycles. The molecule has 0 bridgehead atoms. The van der Waals surface area contributed by atoms with Gasteiger partial charge in [-0.2, -0.15) is 0 Å². The molecule has 1 aliphatic rings. The predicted octanol–water partition coefficient (Wildman–Crippen LogP) is 2.56. The van der Waals surface area contributed by atoms with Gasteiger partial charge in [-0.15, -0.1) is 0 Å². The topological polar surface area (TPSA) is 76.1 Å². The van der Waals surface area contributed by atoms with E-state index in [0.717, 1.165) is 18.9 Å². The summed E-state index contributed by atoms with van der Waals surface area (Å²) in [6, 6.07) is 2.48. The van der Waals surface area contributed by atoms with Crippen molar-refractivity contribution < 1.29 is 28.6 Å². The maximum absolute atomic E-state index is 14.2. The first-order valence-corrected chi connectivity index (χ1v) is 7.88. The fourth-order valence-corrected chi connectivity index (χ4v) is 3.00. The smallest absolute Gasteiger partial charge is 0.303 e. The minimum Gasteiger partial charge on any atom is -0.493 e. The molecule has 2 rings (SSSR count). The monoisotopic (exact) mass is 339 g/mol. The second-order valence-corrected chi connectivity index (χ2v) is 5.88. The fourth-order valence-electron chi connectivity index (χ4n) is 3.00. The number of carboxylic acid groups (broad SMARTS) is 1. The third kappa shape index (κ3) is 4.15. The molecular weight excluding hydrogens is 317 g/mol. The lowest BCUT2D eigenvalue weighted by atomic mass is 9.93. The second-order valence-electron chi connectivity index (χ2n) is 5.88. The van der Waals surface area contributed by atoms with E-state index >= 15 is 0 Å². The van der Waals surface area contributed by atoms with Gasteiger partial charge in [0.05, 0.1) is 19.8 Å². The zero-order valence-electron chi connectivity index (χ0n) is 13.9. The largest absolute Gasteiger partial charge is 0.493 e. The van der Waals surface area contributed by atoms with Crippen molar-refractivity contribution in [2.45, 2.75) is 25.7 Å². The summed E-state index contributed by atoms with van der Waals surface area (Å²) >= 11 is 0. The Bertz CT molecular complexity index is 619. The third-order valence-electron chi connectivity index (χ3n) is 4.28. The molecule has 0 aromatic heterocycles. The van der Waals surface area contributed by atoms with Gasteiger partial charge in [0, 0.05) is 25.6 Å². The van der Waals surface area contributed by atoms with E-state index in [1.165, 1.54) is 20.3 Å². The normalized spacial score (nSPS) is 17.5. The Morgan fingerprint density at radius 3 is 2.58 bits per heavy atom. The number of hydrogen-bond donors (Lipinski definition) is 1. The van der Waals surface area contributed by atoms with Crippen LogP contribution < -0.4 is 9.47 Å². The van der Waals surface area contributed by atoms with Crippen LogP contribution in [0, 0.1) is 11.7 Å². The minimum atomic E-state index is -0.843. The highest BCUT2D eigenvalue weighted by molar-refractivity contribution is 5.95. The molecule has 0 radical (unpaired) electrons. The van der Waals surface area contributed by atoms with E-state index in [1.54, 1.807) is 4.90 Å². The van der Waals surface area contributed by atoms with Gasteiger partial charge in [-0.3, -0.25) is 9.59 Å². The molecule has 0 saturated carbocycles. The van der Waals surface area contributed by atoms with Crippen molar-refractivity contribution in [1.82, 2.24) is 4.90 Å². The first-order chi connectivity index (χ1) is 11.5. The molecular formula is C17H22FNO5. The number of carbonyl (C=O) groups excluding carboxylic acids is 1. The number of benzene rings is 1. The van der Waals surface area contributed by atoms with Crippen molar-refractivity contribution in [2.75, 3.05) is 27.3 Å². The molecule has 1 atom stereocenters. The summed E-state index contributed by atoms with van der Waals surface area (Å²) in [5, 5.41) is 8.78. The molecule has 24 heavy (non-hydrogen) atoms. The van der Waals surface area contributed by atoms with E-state index in [9.17, 15) is 14.0 Å². The number of aliphatic carboxylic acids is 1. The number of methoxy groups -OCH3 is 2. The van der Waals surface area contributed by atoms with Gasteiger partial charge >= 0.3 is 5.97 Å². The van der Waals surface area contributed by atoms with Crippen LogP contribution >= 0.6 is 0 Å². The van der Waals surface area contributed by atoms with Gasteiger partial charge in [-0.05, 0) is 31.2 Å². The van der Waals surface area contributed by atoms with E-state index in [4.69, 9.17) is 14.6 Å². The van der Waals surface area contributed by atoms with Gasteiger partial charge in [0.1, 0.15) is 5.82 Å². The third-order valence-corrected chi connectivity index (χ3v) is 4.28. The van der Waals surface area contributed by atoms with Crippen LogP contribution in [0.2, 0.25) is 0 Å². The highest BCUT2D eigenvalue weighted by Crippen LogP contribution is 2.31. The summed E-state index contributed by atoms with van der Waals surface area (Å²) in [5.41, 5.74) is -0.0634. The number of nitrogens with zero attached hydrogens (tertiary/aromatic N) is 1. The van der Waals surface area contributed by atoms with E-state index in [0.29, 0.717) is 25.3 Å². The van der Waals surface area contributed by atoms with Crippen molar-refractivity contribution in [3.63, 3.8) is 0 Å². The van der Waals surface area contributed by atoms with E-state index in [2.05, 4.69) is 0 Å². The summed E-state index contributed by atoms with van der Waals surface area (Å²) in [5.74, 6) is -1.27. The number of piperidine rings is 1. The Kier molecular flexibility index (Phi) is 6.00. The highest BCUT2D eigenvalue weighted by atomic mass is 19.1. The molecule has 6 nitrogen and oxygen atoms in total. The molecule has 1 fully saturated rings. The van der Waals surface area contributed by atoms with Gasteiger partial charge in [-0.25, -0.2) is 4.39 Å². The molecule has 7 heteroatoms. The first-order valence-electron chi connectivity index (χ1n) is 7.88. The van der Waals surface area contributed by atoms with E-state index in [1.807, 2.05) is 0 Å². The maximum atomic E-state index is 14.2. The van der Waals surface area contributed by atoms with Crippen LogP contribution in [-0.4, -0.2) is 49.2 Å². The molecule has 132 valence electrons. The van der Waals surface area contributed by atoms with Crippen molar-refractivity contribution in [3.8, 4) is 11.5 Å². The zero-order valence-corrected chi connectivity index (χ0v) is 13.9. The molecule has 1 aromatic carbocycles.